The number of hydrogen-bond donors (Lipinski definition) is 1. The van der Waals surface area contributed by atoms with E-state index in [9.17, 15) is 14.7 Å². The first-order valence-electron chi connectivity index (χ1n) is 14.4. The van der Waals surface area contributed by atoms with Crippen molar-refractivity contribution >= 4 is 62.7 Å². The van der Waals surface area contributed by atoms with Crippen LogP contribution in [-0.2, 0) is 20.8 Å². The van der Waals surface area contributed by atoms with Crippen molar-refractivity contribution in [3.05, 3.63) is 90.0 Å². The van der Waals surface area contributed by atoms with Gasteiger partial charge in [-0.15, -0.1) is 24.9 Å². The molecule has 3 aliphatic rings. The van der Waals surface area contributed by atoms with Gasteiger partial charge < -0.3 is 19.8 Å². The van der Waals surface area contributed by atoms with Gasteiger partial charge in [0.2, 0.25) is 11.8 Å². The van der Waals surface area contributed by atoms with Gasteiger partial charge in [-0.05, 0) is 37.0 Å². The highest BCUT2D eigenvalue weighted by molar-refractivity contribution is 9.09. The molecule has 7 atom stereocenters. The summed E-state index contributed by atoms with van der Waals surface area (Å²) in [5, 5.41) is 11.0. The van der Waals surface area contributed by atoms with Crippen LogP contribution in [0.15, 0.2) is 73.8 Å². The molecule has 3 saturated heterocycles. The largest absolute Gasteiger partial charge is 0.394 e. The van der Waals surface area contributed by atoms with Crippen molar-refractivity contribution in [2.75, 3.05) is 31.6 Å². The van der Waals surface area contributed by atoms with Crippen LogP contribution in [0, 0.1) is 18.8 Å². The number of carbonyl (C=O) groups excluding carboxylic acids is 3. The Hall–Kier alpha value is -2.59. The van der Waals surface area contributed by atoms with E-state index in [0.717, 1.165) is 11.1 Å². The smallest absolute Gasteiger partial charge is 0.251 e. The molecule has 0 aromatic heterocycles. The van der Waals surface area contributed by atoms with Crippen molar-refractivity contribution in [1.82, 2.24) is 9.80 Å². The number of likely N-dealkylation sites (tertiary alicyclic amines) is 1. The summed E-state index contributed by atoms with van der Waals surface area (Å²) in [6, 6.07) is 13.5. The topological polar surface area (TPSA) is 81.2 Å². The second kappa shape index (κ2) is 12.8. The third kappa shape index (κ3) is 5.36. The molecule has 3 aliphatic heterocycles. The Balaban J connectivity index is 1.66. The lowest BCUT2D eigenvalue weighted by Gasteiger charge is -2.40. The molecule has 0 aliphatic carbocycles. The molecule has 2 bridgehead atoms. The second-order valence-electron chi connectivity index (χ2n) is 11.6. The van der Waals surface area contributed by atoms with Crippen molar-refractivity contribution in [2.45, 2.75) is 46.7 Å². The van der Waals surface area contributed by atoms with Gasteiger partial charge in [-0.1, -0.05) is 82.1 Å². The molecule has 7 nitrogen and oxygen atoms in total. The maximum absolute atomic E-state index is 15.0. The molecule has 3 amide bonds. The van der Waals surface area contributed by atoms with Gasteiger partial charge in [0.05, 0.1) is 39.9 Å². The number of hydrogen-bond acceptors (Lipinski definition) is 5. The van der Waals surface area contributed by atoms with Crippen LogP contribution in [-0.4, -0.2) is 86.3 Å². The first kappa shape index (κ1) is 31.8. The maximum atomic E-state index is 15.0. The molecule has 0 saturated carbocycles. The van der Waals surface area contributed by atoms with E-state index >= 15 is 4.79 Å². The molecule has 3 heterocycles. The highest BCUT2D eigenvalue weighted by Gasteiger charge is 2.76. The lowest BCUT2D eigenvalue weighted by atomic mass is 9.70. The van der Waals surface area contributed by atoms with Gasteiger partial charge in [-0.3, -0.25) is 14.4 Å². The Morgan fingerprint density at radius 2 is 1.86 bits per heavy atom. The highest BCUT2D eigenvalue weighted by Crippen LogP contribution is 2.68. The number of para-hydroxylation sites is 1. The van der Waals surface area contributed by atoms with Crippen LogP contribution >= 0.6 is 39.3 Å². The summed E-state index contributed by atoms with van der Waals surface area (Å²) in [4.78, 5) is 48.4. The van der Waals surface area contributed by atoms with Crippen LogP contribution < -0.4 is 4.90 Å². The minimum Gasteiger partial charge on any atom is -0.394 e. The van der Waals surface area contributed by atoms with E-state index in [2.05, 4.69) is 29.1 Å². The Kier molecular flexibility index (Phi) is 9.47. The molecule has 1 N–H and O–H groups in total. The zero-order chi connectivity index (χ0) is 31.1. The first-order valence-corrected chi connectivity index (χ1v) is 16.6. The van der Waals surface area contributed by atoms with Gasteiger partial charge in [-0.25, -0.2) is 0 Å². The van der Waals surface area contributed by atoms with Gasteiger partial charge in [-0.2, -0.15) is 0 Å². The van der Waals surface area contributed by atoms with E-state index in [1.807, 2.05) is 49.4 Å². The molecular weight excluding hydrogens is 650 g/mol. The second-order valence-corrected chi connectivity index (χ2v) is 14.7. The van der Waals surface area contributed by atoms with Crippen LogP contribution in [0.5, 0.6) is 0 Å². The number of carbonyl (C=O) groups is 3. The lowest BCUT2D eigenvalue weighted by Crippen LogP contribution is -2.58. The van der Waals surface area contributed by atoms with Crippen molar-refractivity contribution in [1.29, 1.82) is 0 Å². The van der Waals surface area contributed by atoms with E-state index in [1.165, 1.54) is 0 Å². The summed E-state index contributed by atoms with van der Waals surface area (Å²) in [5.74, 6) is -2.02. The standard InChI is InChI=1S/C33H37BrClN3O4S/c1-5-15-36(4)30(40)25-26-31(41)38(22(19-39)17-21-12-8-7-9-13-21)29(33(26)18-23(34)28(25)43-33)32(42)37(16-6-2)27-20(3)11-10-14-24(27)35/h5-14,22-23,25-26,28-29,39H,1-2,15-19H2,3-4H3/t22-,23?,25-,26+,28-,29?,33?/m1/s1. The van der Waals surface area contributed by atoms with Crippen LogP contribution in [0.1, 0.15) is 17.5 Å². The molecule has 43 heavy (non-hydrogen) atoms. The molecule has 3 fully saturated rings. The number of benzene rings is 2. The van der Waals surface area contributed by atoms with Crippen molar-refractivity contribution in [2.24, 2.45) is 11.8 Å². The molecule has 5 rings (SSSR count). The molecular formula is C33H37BrClN3O4S. The number of alkyl halides is 1. The average Bonchev–Trinajstić information content (AvgIpc) is 3.58. The zero-order valence-corrected chi connectivity index (χ0v) is 27.5. The maximum Gasteiger partial charge on any atom is 0.251 e. The summed E-state index contributed by atoms with van der Waals surface area (Å²) in [6.07, 6.45) is 4.21. The third-order valence-corrected chi connectivity index (χ3v) is 12.5. The fourth-order valence-corrected chi connectivity index (χ4v) is 11.1. The van der Waals surface area contributed by atoms with Crippen LogP contribution in [0.3, 0.4) is 0 Å². The number of likely N-dealkylation sites (N-methyl/N-ethyl adjacent to an activating group) is 1. The number of halogens is 2. The predicted octanol–water partition coefficient (Wildman–Crippen LogP) is 4.88. The van der Waals surface area contributed by atoms with Crippen molar-refractivity contribution < 1.29 is 19.5 Å². The number of amides is 3. The highest BCUT2D eigenvalue weighted by atomic mass is 79.9. The quantitative estimate of drug-likeness (QED) is 0.269. The van der Waals surface area contributed by atoms with E-state index < -0.39 is 28.7 Å². The SMILES string of the molecule is C=CCN(C)C(=O)[C@H]1[C@@H]2SC3(CC2Br)C(C(=O)N(CC=C)c2c(C)cccc2Cl)N([C@@H](CO)Cc2ccccc2)C(=O)[C@H]13. The number of thioether (sulfide) groups is 1. The number of aliphatic hydroxyl groups is 1. The number of fused-ring (bicyclic) bond motifs is 1. The van der Waals surface area contributed by atoms with Gasteiger partial charge in [0.15, 0.2) is 0 Å². The molecule has 1 spiro atoms. The van der Waals surface area contributed by atoms with E-state index in [-0.39, 0.29) is 41.0 Å². The molecule has 0 radical (unpaired) electrons. The van der Waals surface area contributed by atoms with Gasteiger partial charge in [0, 0.05) is 30.2 Å². The van der Waals surface area contributed by atoms with Gasteiger partial charge >= 0.3 is 0 Å². The molecule has 10 heteroatoms. The fraction of sp³-hybridized carbons (Fsp3) is 0.424. The summed E-state index contributed by atoms with van der Waals surface area (Å²) >= 11 is 12.1. The number of aryl methyl sites for hydroxylation is 1. The van der Waals surface area contributed by atoms with Gasteiger partial charge in [0.1, 0.15) is 6.04 Å². The average molecular weight is 687 g/mol. The van der Waals surface area contributed by atoms with Crippen LogP contribution in [0.4, 0.5) is 5.69 Å². The number of anilines is 1. The molecule has 2 aromatic rings. The van der Waals surface area contributed by atoms with E-state index in [1.54, 1.807) is 51.7 Å². The van der Waals surface area contributed by atoms with E-state index in [0.29, 0.717) is 30.1 Å². The molecule has 228 valence electrons. The Bertz CT molecular complexity index is 1410. The minimum atomic E-state index is -0.931. The van der Waals surface area contributed by atoms with Crippen LogP contribution in [0.25, 0.3) is 0 Å². The number of rotatable bonds is 11. The number of aliphatic hydroxyl groups excluding tert-OH is 1. The summed E-state index contributed by atoms with van der Waals surface area (Å²) in [6.45, 7) is 9.77. The Morgan fingerprint density at radius 3 is 2.49 bits per heavy atom. The normalized spacial score (nSPS) is 28.0. The zero-order valence-electron chi connectivity index (χ0n) is 24.4. The third-order valence-electron chi connectivity index (χ3n) is 8.98. The van der Waals surface area contributed by atoms with Gasteiger partial charge in [0.25, 0.3) is 5.91 Å². The predicted molar refractivity (Wildman–Crippen MR) is 177 cm³/mol. The molecule has 2 aromatic carbocycles. The van der Waals surface area contributed by atoms with Crippen molar-refractivity contribution in [3.63, 3.8) is 0 Å². The summed E-state index contributed by atoms with van der Waals surface area (Å²) in [7, 11) is 1.72. The summed E-state index contributed by atoms with van der Waals surface area (Å²) < 4.78 is -0.874. The van der Waals surface area contributed by atoms with Crippen LogP contribution in [0.2, 0.25) is 5.02 Å². The summed E-state index contributed by atoms with van der Waals surface area (Å²) in [5.41, 5.74) is 2.32. The monoisotopic (exact) mass is 685 g/mol. The van der Waals surface area contributed by atoms with E-state index in [4.69, 9.17) is 11.6 Å². The fourth-order valence-electron chi connectivity index (χ4n) is 7.23. The number of nitrogens with zero attached hydrogens (tertiary/aromatic N) is 3. The first-order chi connectivity index (χ1) is 20.6. The Labute approximate surface area is 271 Å². The lowest BCUT2D eigenvalue weighted by molar-refractivity contribution is -0.144. The Morgan fingerprint density at radius 1 is 1.16 bits per heavy atom. The molecule has 3 unspecified atom stereocenters. The minimum absolute atomic E-state index is 0.0699. The van der Waals surface area contributed by atoms with Crippen molar-refractivity contribution in [3.8, 4) is 0 Å².